The number of nitriles is 1. The summed E-state index contributed by atoms with van der Waals surface area (Å²) in [5.74, 6) is 0.410. The van der Waals surface area contributed by atoms with Crippen LogP contribution < -0.4 is 4.72 Å². The Morgan fingerprint density at radius 1 is 1.33 bits per heavy atom. The van der Waals surface area contributed by atoms with Gasteiger partial charge in [0.1, 0.15) is 0 Å². The molecule has 1 aliphatic carbocycles. The molecule has 2 rings (SSSR count). The second-order valence-corrected chi connectivity index (χ2v) is 7.46. The average Bonchev–Trinajstić information content (AvgIpc) is 2.47. The number of sulfonamides is 1. The third kappa shape index (κ3) is 3.63. The highest BCUT2D eigenvalue weighted by atomic mass is 32.2. The zero-order valence-corrected chi connectivity index (χ0v) is 13.4. The smallest absolute Gasteiger partial charge is 0.208 e. The number of nitrogens with one attached hydrogen (secondary N) is 1. The summed E-state index contributed by atoms with van der Waals surface area (Å²) in [7, 11) is -3.57. The van der Waals surface area contributed by atoms with Crippen LogP contribution in [0.4, 0.5) is 0 Å². The van der Waals surface area contributed by atoms with Crippen LogP contribution in [-0.2, 0) is 10.0 Å². The van der Waals surface area contributed by atoms with Gasteiger partial charge in [-0.2, -0.15) is 5.26 Å². The maximum absolute atomic E-state index is 12.6. The minimum absolute atomic E-state index is 0.0129. The Labute approximate surface area is 127 Å². The van der Waals surface area contributed by atoms with Gasteiger partial charge < -0.3 is 0 Å². The van der Waals surface area contributed by atoms with Crippen LogP contribution in [0, 0.1) is 24.2 Å². The zero-order chi connectivity index (χ0) is 15.5. The van der Waals surface area contributed by atoms with Crippen LogP contribution >= 0.6 is 0 Å². The molecule has 0 spiro atoms. The Hall–Kier alpha value is -1.38. The van der Waals surface area contributed by atoms with Crippen LogP contribution in [0.15, 0.2) is 23.1 Å². The van der Waals surface area contributed by atoms with Crippen LogP contribution in [0.1, 0.15) is 50.2 Å². The fraction of sp³-hybridized carbons (Fsp3) is 0.562. The Balaban J connectivity index is 2.28. The maximum atomic E-state index is 12.6. The highest BCUT2D eigenvalue weighted by Gasteiger charge is 2.29. The van der Waals surface area contributed by atoms with Crippen LogP contribution in [-0.4, -0.2) is 14.5 Å². The van der Waals surface area contributed by atoms with Crippen molar-refractivity contribution in [2.45, 2.75) is 56.9 Å². The van der Waals surface area contributed by atoms with E-state index in [-0.39, 0.29) is 10.9 Å². The van der Waals surface area contributed by atoms with Gasteiger partial charge in [-0.25, -0.2) is 13.1 Å². The quantitative estimate of drug-likeness (QED) is 0.929. The summed E-state index contributed by atoms with van der Waals surface area (Å²) >= 11 is 0. The molecule has 5 heteroatoms. The Morgan fingerprint density at radius 3 is 2.71 bits per heavy atom. The minimum Gasteiger partial charge on any atom is -0.208 e. The van der Waals surface area contributed by atoms with Gasteiger partial charge in [0, 0.05) is 6.04 Å². The van der Waals surface area contributed by atoms with Gasteiger partial charge >= 0.3 is 0 Å². The predicted octanol–water partition coefficient (Wildman–Crippen LogP) is 3.11. The summed E-state index contributed by atoms with van der Waals surface area (Å²) in [4.78, 5) is 0.224. The molecule has 0 bridgehead atoms. The van der Waals surface area contributed by atoms with Crippen molar-refractivity contribution in [1.29, 1.82) is 5.26 Å². The van der Waals surface area contributed by atoms with Crippen molar-refractivity contribution in [1.82, 2.24) is 4.72 Å². The lowest BCUT2D eigenvalue weighted by Gasteiger charge is -2.31. The predicted molar refractivity (Wildman–Crippen MR) is 82.3 cm³/mol. The van der Waals surface area contributed by atoms with Gasteiger partial charge in [-0.15, -0.1) is 0 Å². The molecule has 0 saturated heterocycles. The van der Waals surface area contributed by atoms with Crippen molar-refractivity contribution >= 4 is 10.0 Å². The van der Waals surface area contributed by atoms with Crippen molar-refractivity contribution < 1.29 is 8.42 Å². The lowest BCUT2D eigenvalue weighted by atomic mass is 9.83. The number of hydrogen-bond acceptors (Lipinski definition) is 3. The molecule has 0 heterocycles. The van der Waals surface area contributed by atoms with Gasteiger partial charge in [-0.3, -0.25) is 0 Å². The van der Waals surface area contributed by atoms with Gasteiger partial charge in [0.15, 0.2) is 0 Å². The summed E-state index contributed by atoms with van der Waals surface area (Å²) in [6.07, 6.45) is 5.22. The molecule has 2 unspecified atom stereocenters. The first-order valence-corrected chi connectivity index (χ1v) is 8.99. The van der Waals surface area contributed by atoms with E-state index in [0.717, 1.165) is 25.7 Å². The third-order valence-corrected chi connectivity index (χ3v) is 5.98. The minimum atomic E-state index is -3.57. The number of aryl methyl sites for hydroxylation is 1. The molecule has 1 aromatic rings. The van der Waals surface area contributed by atoms with Gasteiger partial charge in [0.2, 0.25) is 10.0 Å². The summed E-state index contributed by atoms with van der Waals surface area (Å²) in [6, 6.07) is 6.80. The molecule has 2 atom stereocenters. The van der Waals surface area contributed by atoms with Gasteiger partial charge in [-0.1, -0.05) is 32.3 Å². The zero-order valence-electron chi connectivity index (χ0n) is 12.6. The third-order valence-electron chi connectivity index (χ3n) is 4.35. The van der Waals surface area contributed by atoms with Gasteiger partial charge in [-0.05, 0) is 43.4 Å². The highest BCUT2D eigenvalue weighted by Crippen LogP contribution is 2.28. The van der Waals surface area contributed by atoms with E-state index in [9.17, 15) is 8.42 Å². The van der Waals surface area contributed by atoms with Crippen molar-refractivity contribution in [3.05, 3.63) is 29.3 Å². The number of nitrogens with zero attached hydrogens (tertiary/aromatic N) is 1. The van der Waals surface area contributed by atoms with Crippen LogP contribution in [0.2, 0.25) is 0 Å². The van der Waals surface area contributed by atoms with Crippen LogP contribution in [0.3, 0.4) is 0 Å². The SMILES string of the molecule is CCC1CCCCC1NS(=O)(=O)c1cc(C#N)ccc1C. The van der Waals surface area contributed by atoms with E-state index >= 15 is 0 Å². The van der Waals surface area contributed by atoms with Crippen molar-refractivity contribution in [2.24, 2.45) is 5.92 Å². The Morgan fingerprint density at radius 2 is 2.05 bits per heavy atom. The molecule has 1 aliphatic rings. The first-order valence-electron chi connectivity index (χ1n) is 7.51. The molecular weight excluding hydrogens is 284 g/mol. The van der Waals surface area contributed by atoms with E-state index in [1.807, 2.05) is 6.07 Å². The first-order chi connectivity index (χ1) is 9.97. The molecular formula is C16H22N2O2S. The first kappa shape index (κ1) is 16.0. The summed E-state index contributed by atoms with van der Waals surface area (Å²) < 4.78 is 28.1. The van der Waals surface area contributed by atoms with E-state index in [4.69, 9.17) is 5.26 Å². The number of hydrogen-bond donors (Lipinski definition) is 1. The van der Waals surface area contributed by atoms with E-state index in [1.165, 1.54) is 12.5 Å². The van der Waals surface area contributed by atoms with E-state index in [1.54, 1.807) is 19.1 Å². The van der Waals surface area contributed by atoms with Crippen LogP contribution in [0.25, 0.3) is 0 Å². The van der Waals surface area contributed by atoms with E-state index in [2.05, 4.69) is 11.6 Å². The van der Waals surface area contributed by atoms with Crippen LogP contribution in [0.5, 0.6) is 0 Å². The van der Waals surface area contributed by atoms with Crippen molar-refractivity contribution in [2.75, 3.05) is 0 Å². The number of benzene rings is 1. The maximum Gasteiger partial charge on any atom is 0.241 e. The monoisotopic (exact) mass is 306 g/mol. The molecule has 114 valence electrons. The molecule has 1 fully saturated rings. The molecule has 0 radical (unpaired) electrons. The molecule has 0 aromatic heterocycles. The summed E-state index contributed by atoms with van der Waals surface area (Å²) in [6.45, 7) is 3.87. The van der Waals surface area contributed by atoms with Crippen molar-refractivity contribution in [3.8, 4) is 6.07 Å². The lowest BCUT2D eigenvalue weighted by molar-refractivity contribution is 0.282. The molecule has 0 aliphatic heterocycles. The van der Waals surface area contributed by atoms with E-state index in [0.29, 0.717) is 17.0 Å². The molecule has 1 N–H and O–H groups in total. The summed E-state index contributed by atoms with van der Waals surface area (Å²) in [5, 5.41) is 8.95. The topological polar surface area (TPSA) is 70.0 Å². The fourth-order valence-corrected chi connectivity index (χ4v) is 4.68. The van der Waals surface area contributed by atoms with Gasteiger partial charge in [0.05, 0.1) is 16.5 Å². The average molecular weight is 306 g/mol. The second-order valence-electron chi connectivity index (χ2n) is 5.77. The Bertz CT molecular complexity index is 647. The number of rotatable bonds is 4. The molecule has 4 nitrogen and oxygen atoms in total. The normalized spacial score (nSPS) is 22.7. The largest absolute Gasteiger partial charge is 0.241 e. The fourth-order valence-electron chi connectivity index (χ4n) is 3.07. The Kier molecular flexibility index (Phi) is 5.02. The summed E-state index contributed by atoms with van der Waals surface area (Å²) in [5.41, 5.74) is 1.04. The molecule has 1 aromatic carbocycles. The van der Waals surface area contributed by atoms with Crippen molar-refractivity contribution in [3.63, 3.8) is 0 Å². The lowest BCUT2D eigenvalue weighted by Crippen LogP contribution is -2.42. The van der Waals surface area contributed by atoms with E-state index < -0.39 is 10.0 Å². The highest BCUT2D eigenvalue weighted by molar-refractivity contribution is 7.89. The second kappa shape index (κ2) is 6.59. The molecule has 21 heavy (non-hydrogen) atoms. The van der Waals surface area contributed by atoms with Gasteiger partial charge in [0.25, 0.3) is 0 Å². The standard InChI is InChI=1S/C16H22N2O2S/c1-3-14-6-4-5-7-15(14)18-21(19,20)16-10-13(11-17)9-8-12(16)2/h8-10,14-15,18H,3-7H2,1-2H3. The molecule has 0 amide bonds. The molecule has 1 saturated carbocycles.